The molecule has 0 aliphatic heterocycles. The number of carboxylic acids is 1. The largest absolute Gasteiger partial charge is 0.496 e. The summed E-state index contributed by atoms with van der Waals surface area (Å²) < 4.78 is 19.5. The van der Waals surface area contributed by atoms with E-state index in [0.29, 0.717) is 11.3 Å². The Morgan fingerprint density at radius 3 is 2.10 bits per heavy atom. The van der Waals surface area contributed by atoms with E-state index in [2.05, 4.69) is 19.2 Å². The molecule has 2 N–H and O–H groups in total. The van der Waals surface area contributed by atoms with Crippen LogP contribution in [0.5, 0.6) is 5.75 Å². The molecule has 6 heteroatoms. The number of carboxylic acid groups (broad SMARTS) is 1. The molecule has 2 bridgehead atoms. The van der Waals surface area contributed by atoms with Gasteiger partial charge in [0.1, 0.15) is 11.6 Å². The fourth-order valence-corrected chi connectivity index (χ4v) is 4.78. The minimum Gasteiger partial charge on any atom is -0.496 e. The third-order valence-corrected chi connectivity index (χ3v) is 6.80. The summed E-state index contributed by atoms with van der Waals surface area (Å²) in [5, 5.41) is 11.6. The SMILES string of the molecule is COc1cc2c(cc1C(=O)Nc1ccc(C(=O)O)c(F)c1)C1(C)CCC2(C)CC1. The smallest absolute Gasteiger partial charge is 0.338 e. The Bertz CT molecular complexity index is 1020. The van der Waals surface area contributed by atoms with Crippen LogP contribution >= 0.6 is 0 Å². The van der Waals surface area contributed by atoms with Crippen LogP contribution in [0, 0.1) is 5.82 Å². The number of ether oxygens (including phenoxy) is 1. The van der Waals surface area contributed by atoms with E-state index in [1.807, 2.05) is 12.1 Å². The van der Waals surface area contributed by atoms with Crippen LogP contribution in [0.2, 0.25) is 0 Å². The van der Waals surface area contributed by atoms with Crippen LogP contribution in [-0.2, 0) is 10.8 Å². The number of carbonyl (C=O) groups is 2. The number of rotatable bonds is 4. The van der Waals surface area contributed by atoms with Crippen molar-refractivity contribution in [3.8, 4) is 5.75 Å². The van der Waals surface area contributed by atoms with Gasteiger partial charge in [-0.25, -0.2) is 9.18 Å². The topological polar surface area (TPSA) is 75.6 Å². The molecule has 3 aliphatic carbocycles. The van der Waals surface area contributed by atoms with Crippen molar-refractivity contribution in [2.45, 2.75) is 50.4 Å². The van der Waals surface area contributed by atoms with Crippen LogP contribution in [0.1, 0.15) is 71.4 Å². The predicted octanol–water partition coefficient (Wildman–Crippen LogP) is 4.89. The Morgan fingerprint density at radius 2 is 1.59 bits per heavy atom. The molecule has 2 aromatic rings. The monoisotopic (exact) mass is 397 g/mol. The van der Waals surface area contributed by atoms with Crippen molar-refractivity contribution in [3.05, 3.63) is 58.4 Å². The summed E-state index contributed by atoms with van der Waals surface area (Å²) in [5.74, 6) is -2.18. The third-order valence-electron chi connectivity index (χ3n) is 6.80. The van der Waals surface area contributed by atoms with Gasteiger partial charge in [-0.05, 0) is 78.0 Å². The summed E-state index contributed by atoms with van der Waals surface area (Å²) in [6.07, 6.45) is 4.43. The first-order valence-corrected chi connectivity index (χ1v) is 9.74. The summed E-state index contributed by atoms with van der Waals surface area (Å²) in [4.78, 5) is 23.9. The van der Waals surface area contributed by atoms with E-state index in [1.54, 1.807) is 0 Å². The quantitative estimate of drug-likeness (QED) is 0.770. The summed E-state index contributed by atoms with van der Waals surface area (Å²) in [6.45, 7) is 4.52. The van der Waals surface area contributed by atoms with Crippen LogP contribution in [0.3, 0.4) is 0 Å². The summed E-state index contributed by atoms with van der Waals surface area (Å²) in [6, 6.07) is 7.42. The molecule has 5 nitrogen and oxygen atoms in total. The van der Waals surface area contributed by atoms with Gasteiger partial charge in [-0.3, -0.25) is 4.79 Å². The lowest BCUT2D eigenvalue weighted by molar-refractivity contribution is 0.0691. The minimum absolute atomic E-state index is 0.0453. The Balaban J connectivity index is 1.71. The van der Waals surface area contributed by atoms with Gasteiger partial charge in [0.25, 0.3) is 5.91 Å². The number of halogens is 1. The molecule has 29 heavy (non-hydrogen) atoms. The standard InChI is InChI=1S/C23H24FNO4/c1-22-6-8-23(2,9-7-22)17-12-19(29-3)15(11-16(17)22)20(26)25-13-4-5-14(21(27)28)18(24)10-13/h4-5,10-12H,6-9H2,1-3H3,(H,25,26)(H,27,28). The molecule has 5 rings (SSSR count). The van der Waals surface area contributed by atoms with E-state index in [-0.39, 0.29) is 16.5 Å². The molecule has 0 saturated heterocycles. The molecule has 0 spiro atoms. The normalized spacial score (nSPS) is 24.7. The Hall–Kier alpha value is -2.89. The highest BCUT2D eigenvalue weighted by Gasteiger charge is 2.48. The first kappa shape index (κ1) is 19.4. The molecule has 1 amide bonds. The molecule has 0 aromatic heterocycles. The minimum atomic E-state index is -1.35. The molecule has 152 valence electrons. The van der Waals surface area contributed by atoms with Crippen molar-refractivity contribution in [1.82, 2.24) is 0 Å². The van der Waals surface area contributed by atoms with Gasteiger partial charge >= 0.3 is 5.97 Å². The number of benzene rings is 2. The van der Waals surface area contributed by atoms with Gasteiger partial charge in [0.2, 0.25) is 0 Å². The van der Waals surface area contributed by atoms with E-state index >= 15 is 0 Å². The second-order valence-corrected chi connectivity index (χ2v) is 8.67. The van der Waals surface area contributed by atoms with Crippen molar-refractivity contribution in [2.75, 3.05) is 12.4 Å². The van der Waals surface area contributed by atoms with Crippen molar-refractivity contribution < 1.29 is 23.8 Å². The number of nitrogens with one attached hydrogen (secondary N) is 1. The molecule has 1 fully saturated rings. The van der Waals surface area contributed by atoms with Gasteiger partial charge in [0, 0.05) is 5.69 Å². The van der Waals surface area contributed by atoms with Gasteiger partial charge in [-0.2, -0.15) is 0 Å². The van der Waals surface area contributed by atoms with Crippen LogP contribution < -0.4 is 10.1 Å². The number of methoxy groups -OCH3 is 1. The zero-order valence-corrected chi connectivity index (χ0v) is 16.8. The summed E-state index contributed by atoms with van der Waals surface area (Å²) in [5.41, 5.74) is 2.74. The second-order valence-electron chi connectivity index (χ2n) is 8.67. The molecule has 3 aliphatic rings. The zero-order chi connectivity index (χ0) is 21.0. The van der Waals surface area contributed by atoms with Crippen molar-refractivity contribution >= 4 is 17.6 Å². The maximum atomic E-state index is 14.0. The van der Waals surface area contributed by atoms with E-state index in [1.165, 1.54) is 24.3 Å². The molecule has 0 radical (unpaired) electrons. The highest BCUT2D eigenvalue weighted by molar-refractivity contribution is 6.06. The highest BCUT2D eigenvalue weighted by Crippen LogP contribution is 2.57. The molecular formula is C23H24FNO4. The second kappa shape index (κ2) is 6.58. The van der Waals surface area contributed by atoms with Gasteiger partial charge in [0.05, 0.1) is 18.2 Å². The number of anilines is 1. The molecule has 1 saturated carbocycles. The van der Waals surface area contributed by atoms with Gasteiger partial charge in [0.15, 0.2) is 0 Å². The van der Waals surface area contributed by atoms with Gasteiger partial charge in [-0.15, -0.1) is 0 Å². The molecule has 0 heterocycles. The lowest BCUT2D eigenvalue weighted by atomic mass is 9.52. The predicted molar refractivity (Wildman–Crippen MR) is 107 cm³/mol. The van der Waals surface area contributed by atoms with Crippen LogP contribution in [0.4, 0.5) is 10.1 Å². The van der Waals surface area contributed by atoms with Crippen LogP contribution in [0.15, 0.2) is 30.3 Å². The van der Waals surface area contributed by atoms with E-state index in [4.69, 9.17) is 9.84 Å². The number of carbonyl (C=O) groups excluding carboxylic acids is 1. The Labute approximate surface area is 168 Å². The maximum Gasteiger partial charge on any atom is 0.338 e. The molecular weight excluding hydrogens is 373 g/mol. The number of hydrogen-bond donors (Lipinski definition) is 2. The fraction of sp³-hybridized carbons (Fsp3) is 0.391. The first-order chi connectivity index (χ1) is 13.7. The lowest BCUT2D eigenvalue weighted by Crippen LogP contribution is -2.44. The number of amides is 1. The van der Waals surface area contributed by atoms with Crippen LogP contribution in [-0.4, -0.2) is 24.1 Å². The van der Waals surface area contributed by atoms with Gasteiger partial charge in [-0.1, -0.05) is 13.8 Å². The number of fused-ring (bicyclic) bond motifs is 2. The van der Waals surface area contributed by atoms with E-state index in [0.717, 1.165) is 37.8 Å². The van der Waals surface area contributed by atoms with Crippen molar-refractivity contribution in [3.63, 3.8) is 0 Å². The zero-order valence-electron chi connectivity index (χ0n) is 16.8. The third kappa shape index (κ3) is 3.07. The van der Waals surface area contributed by atoms with Crippen molar-refractivity contribution in [2.24, 2.45) is 0 Å². The lowest BCUT2D eigenvalue weighted by Gasteiger charge is -2.52. The average molecular weight is 397 g/mol. The van der Waals surface area contributed by atoms with Crippen LogP contribution in [0.25, 0.3) is 0 Å². The fourth-order valence-electron chi connectivity index (χ4n) is 4.78. The number of hydrogen-bond acceptors (Lipinski definition) is 3. The summed E-state index contributed by atoms with van der Waals surface area (Å²) in [7, 11) is 1.53. The Morgan fingerprint density at radius 1 is 1.00 bits per heavy atom. The maximum absolute atomic E-state index is 14.0. The van der Waals surface area contributed by atoms with E-state index < -0.39 is 23.3 Å². The molecule has 2 aromatic carbocycles. The average Bonchev–Trinajstić information content (AvgIpc) is 2.68. The molecule has 0 unspecified atom stereocenters. The first-order valence-electron chi connectivity index (χ1n) is 9.74. The van der Waals surface area contributed by atoms with Crippen molar-refractivity contribution in [1.29, 1.82) is 0 Å². The molecule has 0 atom stereocenters. The highest BCUT2D eigenvalue weighted by atomic mass is 19.1. The van der Waals surface area contributed by atoms with E-state index in [9.17, 15) is 14.0 Å². The Kier molecular flexibility index (Phi) is 4.41. The summed E-state index contributed by atoms with van der Waals surface area (Å²) >= 11 is 0. The number of aromatic carboxylic acids is 1. The van der Waals surface area contributed by atoms with Gasteiger partial charge < -0.3 is 15.2 Å².